The SMILES string of the molecule is Cc1ccc(NC(=O)C2CCCN(C(=O)Nc3cccs3)C2)c(C)c1. The summed E-state index contributed by atoms with van der Waals surface area (Å²) in [7, 11) is 0. The first kappa shape index (κ1) is 17.5. The highest BCUT2D eigenvalue weighted by Crippen LogP contribution is 2.22. The van der Waals surface area contributed by atoms with Crippen molar-refractivity contribution in [2.24, 2.45) is 5.92 Å². The van der Waals surface area contributed by atoms with Crippen LogP contribution in [-0.4, -0.2) is 29.9 Å². The van der Waals surface area contributed by atoms with Gasteiger partial charge in [0.2, 0.25) is 5.91 Å². The third-order valence-electron chi connectivity index (χ3n) is 4.47. The van der Waals surface area contributed by atoms with E-state index in [2.05, 4.69) is 16.7 Å². The number of aryl methyl sites for hydroxylation is 2. The first-order chi connectivity index (χ1) is 12.0. The van der Waals surface area contributed by atoms with E-state index in [1.165, 1.54) is 16.9 Å². The Labute approximate surface area is 152 Å². The molecule has 6 heteroatoms. The maximum atomic E-state index is 12.6. The van der Waals surface area contributed by atoms with Crippen molar-refractivity contribution in [1.82, 2.24) is 4.90 Å². The average Bonchev–Trinajstić information content (AvgIpc) is 3.10. The Balaban J connectivity index is 1.60. The molecule has 2 heterocycles. The molecule has 0 spiro atoms. The zero-order chi connectivity index (χ0) is 17.8. The van der Waals surface area contributed by atoms with Crippen LogP contribution in [0.25, 0.3) is 0 Å². The smallest absolute Gasteiger partial charge is 0.322 e. The number of likely N-dealkylation sites (tertiary alicyclic amines) is 1. The minimum Gasteiger partial charge on any atom is -0.326 e. The molecule has 1 aromatic carbocycles. The number of anilines is 2. The molecule has 0 bridgehead atoms. The molecule has 0 saturated carbocycles. The quantitative estimate of drug-likeness (QED) is 0.863. The largest absolute Gasteiger partial charge is 0.326 e. The summed E-state index contributed by atoms with van der Waals surface area (Å²) < 4.78 is 0. The molecule has 3 amide bonds. The van der Waals surface area contributed by atoms with E-state index in [0.717, 1.165) is 29.1 Å². The summed E-state index contributed by atoms with van der Waals surface area (Å²) in [6.07, 6.45) is 1.64. The molecule has 2 aromatic rings. The van der Waals surface area contributed by atoms with Crippen molar-refractivity contribution in [1.29, 1.82) is 0 Å². The highest BCUT2D eigenvalue weighted by molar-refractivity contribution is 7.14. The van der Waals surface area contributed by atoms with Gasteiger partial charge < -0.3 is 10.2 Å². The van der Waals surface area contributed by atoms with Crippen LogP contribution in [0, 0.1) is 19.8 Å². The molecule has 1 unspecified atom stereocenters. The second kappa shape index (κ2) is 7.70. The molecule has 2 N–H and O–H groups in total. The van der Waals surface area contributed by atoms with Gasteiger partial charge in [-0.3, -0.25) is 10.1 Å². The van der Waals surface area contributed by atoms with Gasteiger partial charge in [0.25, 0.3) is 0 Å². The van der Waals surface area contributed by atoms with Gasteiger partial charge in [-0.1, -0.05) is 17.7 Å². The lowest BCUT2D eigenvalue weighted by molar-refractivity contribution is -0.121. The second-order valence-electron chi connectivity index (χ2n) is 6.50. The van der Waals surface area contributed by atoms with Crippen LogP contribution in [0.2, 0.25) is 0 Å². The van der Waals surface area contributed by atoms with E-state index >= 15 is 0 Å². The number of hydrogen-bond acceptors (Lipinski definition) is 3. The highest BCUT2D eigenvalue weighted by atomic mass is 32.1. The molecule has 0 aliphatic carbocycles. The number of thiophene rings is 1. The number of hydrogen-bond donors (Lipinski definition) is 2. The van der Waals surface area contributed by atoms with E-state index in [9.17, 15) is 9.59 Å². The number of rotatable bonds is 3. The Morgan fingerprint density at radius 1 is 1.20 bits per heavy atom. The first-order valence-electron chi connectivity index (χ1n) is 8.50. The number of nitrogens with zero attached hydrogens (tertiary/aromatic N) is 1. The molecule has 1 saturated heterocycles. The molecular weight excluding hydrogens is 334 g/mol. The van der Waals surface area contributed by atoms with Crippen molar-refractivity contribution in [3.8, 4) is 0 Å². The number of nitrogens with one attached hydrogen (secondary N) is 2. The highest BCUT2D eigenvalue weighted by Gasteiger charge is 2.28. The van der Waals surface area contributed by atoms with E-state index < -0.39 is 0 Å². The molecule has 5 nitrogen and oxygen atoms in total. The maximum absolute atomic E-state index is 12.6. The minimum atomic E-state index is -0.177. The lowest BCUT2D eigenvalue weighted by Gasteiger charge is -2.32. The van der Waals surface area contributed by atoms with Gasteiger partial charge in [-0.25, -0.2) is 4.79 Å². The summed E-state index contributed by atoms with van der Waals surface area (Å²) >= 11 is 1.49. The van der Waals surface area contributed by atoms with Crippen LogP contribution >= 0.6 is 11.3 Å². The van der Waals surface area contributed by atoms with Crippen LogP contribution in [0.5, 0.6) is 0 Å². The number of piperidine rings is 1. The Morgan fingerprint density at radius 3 is 2.76 bits per heavy atom. The van der Waals surface area contributed by atoms with Crippen molar-refractivity contribution < 1.29 is 9.59 Å². The predicted molar refractivity (Wildman–Crippen MR) is 102 cm³/mol. The molecule has 1 fully saturated rings. The molecule has 1 aliphatic rings. The third-order valence-corrected chi connectivity index (χ3v) is 5.26. The van der Waals surface area contributed by atoms with Crippen LogP contribution in [0.4, 0.5) is 15.5 Å². The molecule has 1 atom stereocenters. The molecule has 1 aliphatic heterocycles. The molecule has 132 valence electrons. The van der Waals surface area contributed by atoms with Gasteiger partial charge in [-0.15, -0.1) is 11.3 Å². The Hall–Kier alpha value is -2.34. The van der Waals surface area contributed by atoms with E-state index in [4.69, 9.17) is 0 Å². The van der Waals surface area contributed by atoms with Gasteiger partial charge in [0, 0.05) is 18.8 Å². The Bertz CT molecular complexity index is 758. The molecule has 25 heavy (non-hydrogen) atoms. The number of carbonyl (C=O) groups excluding carboxylic acids is 2. The summed E-state index contributed by atoms with van der Waals surface area (Å²) in [5, 5.41) is 8.66. The monoisotopic (exact) mass is 357 g/mol. The average molecular weight is 357 g/mol. The fourth-order valence-corrected chi connectivity index (χ4v) is 3.71. The van der Waals surface area contributed by atoms with Gasteiger partial charge >= 0.3 is 6.03 Å². The molecular formula is C19H23N3O2S. The Kier molecular flexibility index (Phi) is 5.38. The van der Waals surface area contributed by atoms with Crippen molar-refractivity contribution in [2.45, 2.75) is 26.7 Å². The second-order valence-corrected chi connectivity index (χ2v) is 7.45. The van der Waals surface area contributed by atoms with Gasteiger partial charge in [0.05, 0.1) is 10.9 Å². The fraction of sp³-hybridized carbons (Fsp3) is 0.368. The summed E-state index contributed by atoms with van der Waals surface area (Å²) in [4.78, 5) is 26.7. The minimum absolute atomic E-state index is 0.0134. The third kappa shape index (κ3) is 4.39. The summed E-state index contributed by atoms with van der Waals surface area (Å²) in [5.41, 5.74) is 3.07. The fourth-order valence-electron chi connectivity index (χ4n) is 3.10. The van der Waals surface area contributed by atoms with Crippen molar-refractivity contribution >= 4 is 34.0 Å². The van der Waals surface area contributed by atoms with Crippen LogP contribution < -0.4 is 10.6 Å². The van der Waals surface area contributed by atoms with Crippen LogP contribution in [-0.2, 0) is 4.79 Å². The van der Waals surface area contributed by atoms with Gasteiger partial charge in [-0.2, -0.15) is 0 Å². The van der Waals surface area contributed by atoms with E-state index in [0.29, 0.717) is 13.1 Å². The zero-order valence-corrected chi connectivity index (χ0v) is 15.4. The summed E-state index contributed by atoms with van der Waals surface area (Å²) in [6, 6.07) is 9.62. The number of amides is 3. The van der Waals surface area contributed by atoms with Gasteiger partial charge in [-0.05, 0) is 55.8 Å². The first-order valence-corrected chi connectivity index (χ1v) is 9.38. The summed E-state index contributed by atoms with van der Waals surface area (Å²) in [5.74, 6) is -0.191. The van der Waals surface area contributed by atoms with E-state index in [1.807, 2.05) is 43.5 Å². The summed E-state index contributed by atoms with van der Waals surface area (Å²) in [6.45, 7) is 5.16. The Morgan fingerprint density at radius 2 is 2.04 bits per heavy atom. The zero-order valence-electron chi connectivity index (χ0n) is 14.5. The standard InChI is InChI=1S/C19H23N3O2S/c1-13-7-8-16(14(2)11-13)20-18(23)15-5-3-9-22(12-15)19(24)21-17-6-4-10-25-17/h4,6-8,10-11,15H,3,5,9,12H2,1-2H3,(H,20,23)(H,21,24). The topological polar surface area (TPSA) is 61.4 Å². The predicted octanol–water partition coefficient (Wildman–Crippen LogP) is 4.25. The number of carbonyl (C=O) groups is 2. The lowest BCUT2D eigenvalue weighted by atomic mass is 9.97. The maximum Gasteiger partial charge on any atom is 0.322 e. The van der Waals surface area contributed by atoms with E-state index in [-0.39, 0.29) is 17.9 Å². The molecule has 1 aromatic heterocycles. The van der Waals surface area contributed by atoms with Crippen molar-refractivity contribution in [3.05, 3.63) is 46.8 Å². The van der Waals surface area contributed by atoms with Crippen LogP contribution in [0.1, 0.15) is 24.0 Å². The van der Waals surface area contributed by atoms with Gasteiger partial charge in [0.15, 0.2) is 0 Å². The molecule has 3 rings (SSSR count). The van der Waals surface area contributed by atoms with Crippen molar-refractivity contribution in [3.63, 3.8) is 0 Å². The van der Waals surface area contributed by atoms with Crippen LogP contribution in [0.15, 0.2) is 35.7 Å². The van der Waals surface area contributed by atoms with Crippen molar-refractivity contribution in [2.75, 3.05) is 23.7 Å². The normalized spacial score (nSPS) is 17.2. The van der Waals surface area contributed by atoms with Crippen LogP contribution in [0.3, 0.4) is 0 Å². The van der Waals surface area contributed by atoms with E-state index in [1.54, 1.807) is 4.90 Å². The number of benzene rings is 1. The number of urea groups is 1. The molecule has 0 radical (unpaired) electrons. The lowest BCUT2D eigenvalue weighted by Crippen LogP contribution is -2.45. The van der Waals surface area contributed by atoms with Gasteiger partial charge in [0.1, 0.15) is 0 Å².